The van der Waals surface area contributed by atoms with Gasteiger partial charge in [-0.25, -0.2) is 4.39 Å². The Labute approximate surface area is 98.6 Å². The van der Waals surface area contributed by atoms with Crippen molar-refractivity contribution < 1.29 is 13.7 Å². The zero-order valence-electron chi connectivity index (χ0n) is 7.70. The van der Waals surface area contributed by atoms with Crippen LogP contribution >= 0.6 is 22.6 Å². The Morgan fingerprint density at radius 2 is 2.27 bits per heavy atom. The lowest BCUT2D eigenvalue weighted by Crippen LogP contribution is -1.88. The van der Waals surface area contributed by atoms with E-state index in [1.54, 1.807) is 6.07 Å². The Morgan fingerprint density at radius 1 is 1.47 bits per heavy atom. The molecule has 0 unspecified atom stereocenters. The van der Waals surface area contributed by atoms with Gasteiger partial charge in [0.2, 0.25) is 3.83 Å². The average Bonchev–Trinajstić information content (AvgIpc) is 2.64. The van der Waals surface area contributed by atoms with Gasteiger partial charge in [0, 0.05) is 28.7 Å². The molecule has 4 nitrogen and oxygen atoms in total. The van der Waals surface area contributed by atoms with Crippen molar-refractivity contribution >= 4 is 22.6 Å². The van der Waals surface area contributed by atoms with Gasteiger partial charge in [-0.3, -0.25) is 0 Å². The second-order valence-corrected chi connectivity index (χ2v) is 3.68. The predicted molar refractivity (Wildman–Crippen MR) is 59.0 cm³/mol. The Morgan fingerprint density at radius 3 is 2.80 bits per heavy atom. The number of halogens is 2. The molecule has 0 bridgehead atoms. The summed E-state index contributed by atoms with van der Waals surface area (Å²) in [6.45, 7) is 0. The number of nitrogens with zero attached hydrogens (tertiary/aromatic N) is 2. The second-order valence-electron chi connectivity index (χ2n) is 2.71. The molecule has 0 fully saturated rings. The van der Waals surface area contributed by atoms with Gasteiger partial charge in [0.1, 0.15) is 11.6 Å². The number of hydrogen-bond donors (Lipinski definition) is 0. The highest BCUT2D eigenvalue weighted by Crippen LogP contribution is 2.24. The molecular weight excluding hydrogens is 314 g/mol. The normalized spacial score (nSPS) is 10.3. The minimum atomic E-state index is -0.450. The SMILES string of the molecule is COc1ccc(-c2nc(I)no2)c(F)c1. The van der Waals surface area contributed by atoms with E-state index in [2.05, 4.69) is 10.1 Å². The van der Waals surface area contributed by atoms with Crippen LogP contribution in [0.3, 0.4) is 0 Å². The average molecular weight is 320 g/mol. The lowest BCUT2D eigenvalue weighted by atomic mass is 10.2. The van der Waals surface area contributed by atoms with Crippen LogP contribution in [0.5, 0.6) is 5.75 Å². The zero-order valence-corrected chi connectivity index (χ0v) is 9.86. The summed E-state index contributed by atoms with van der Waals surface area (Å²) in [6.07, 6.45) is 0. The van der Waals surface area contributed by atoms with Crippen LogP contribution < -0.4 is 4.74 Å². The van der Waals surface area contributed by atoms with Crippen LogP contribution in [0.25, 0.3) is 11.5 Å². The fourth-order valence-electron chi connectivity index (χ4n) is 1.11. The summed E-state index contributed by atoms with van der Waals surface area (Å²) < 4.78 is 23.7. The van der Waals surface area contributed by atoms with E-state index in [0.717, 1.165) is 0 Å². The number of aromatic nitrogens is 2. The molecule has 0 N–H and O–H groups in total. The van der Waals surface area contributed by atoms with Crippen molar-refractivity contribution in [1.29, 1.82) is 0 Å². The highest BCUT2D eigenvalue weighted by Gasteiger charge is 2.12. The van der Waals surface area contributed by atoms with Crippen molar-refractivity contribution in [2.45, 2.75) is 0 Å². The summed E-state index contributed by atoms with van der Waals surface area (Å²) in [5, 5.41) is 3.58. The minimum Gasteiger partial charge on any atom is -0.497 e. The van der Waals surface area contributed by atoms with E-state index >= 15 is 0 Å². The summed E-state index contributed by atoms with van der Waals surface area (Å²) in [4.78, 5) is 3.93. The van der Waals surface area contributed by atoms with Crippen molar-refractivity contribution in [3.8, 4) is 17.2 Å². The molecule has 2 rings (SSSR count). The largest absolute Gasteiger partial charge is 0.497 e. The molecule has 0 saturated carbocycles. The minimum absolute atomic E-state index is 0.166. The van der Waals surface area contributed by atoms with Crippen LogP contribution in [0.4, 0.5) is 4.39 Å². The first-order valence-electron chi connectivity index (χ1n) is 4.04. The molecule has 78 valence electrons. The smallest absolute Gasteiger partial charge is 0.261 e. The van der Waals surface area contributed by atoms with Crippen molar-refractivity contribution in [3.63, 3.8) is 0 Å². The Kier molecular flexibility index (Phi) is 2.85. The van der Waals surface area contributed by atoms with Gasteiger partial charge in [-0.1, -0.05) is 5.16 Å². The molecule has 1 aromatic carbocycles. The van der Waals surface area contributed by atoms with Gasteiger partial charge in [0.25, 0.3) is 5.89 Å². The molecule has 0 spiro atoms. The van der Waals surface area contributed by atoms with E-state index in [4.69, 9.17) is 9.26 Å². The zero-order chi connectivity index (χ0) is 10.8. The first kappa shape index (κ1) is 10.3. The van der Waals surface area contributed by atoms with Crippen LogP contribution in [0.15, 0.2) is 22.7 Å². The number of ether oxygens (including phenoxy) is 1. The molecule has 0 atom stereocenters. The van der Waals surface area contributed by atoms with Crippen LogP contribution in [0.1, 0.15) is 0 Å². The molecule has 0 amide bonds. The van der Waals surface area contributed by atoms with E-state index in [1.807, 2.05) is 22.6 Å². The third kappa shape index (κ3) is 2.09. The Bertz CT molecular complexity index is 487. The standard InChI is InChI=1S/C9H6FIN2O2/c1-14-5-2-3-6(7(10)4-5)8-12-9(11)13-15-8/h2-4H,1H3. The summed E-state index contributed by atoms with van der Waals surface area (Å²) in [5.74, 6) is 0.166. The Hall–Kier alpha value is -1.18. The second kappa shape index (κ2) is 4.13. The molecule has 0 aliphatic carbocycles. The molecular formula is C9H6FIN2O2. The van der Waals surface area contributed by atoms with Gasteiger partial charge >= 0.3 is 0 Å². The first-order valence-corrected chi connectivity index (χ1v) is 5.11. The molecule has 0 saturated heterocycles. The summed E-state index contributed by atoms with van der Waals surface area (Å²) in [6, 6.07) is 4.44. The fraction of sp³-hybridized carbons (Fsp3) is 0.111. The molecule has 0 aliphatic rings. The van der Waals surface area contributed by atoms with Gasteiger partial charge in [0.05, 0.1) is 12.7 Å². The summed E-state index contributed by atoms with van der Waals surface area (Å²) in [7, 11) is 1.48. The Balaban J connectivity index is 2.45. The fourth-order valence-corrected chi connectivity index (χ4v) is 1.43. The van der Waals surface area contributed by atoms with Gasteiger partial charge < -0.3 is 9.26 Å². The molecule has 2 aromatic rings. The van der Waals surface area contributed by atoms with Crippen LogP contribution in [0.2, 0.25) is 0 Å². The highest BCUT2D eigenvalue weighted by molar-refractivity contribution is 14.1. The number of hydrogen-bond acceptors (Lipinski definition) is 4. The van der Waals surface area contributed by atoms with Crippen LogP contribution in [-0.2, 0) is 0 Å². The number of benzene rings is 1. The lowest BCUT2D eigenvalue weighted by molar-refractivity contribution is 0.409. The maximum absolute atomic E-state index is 13.5. The summed E-state index contributed by atoms with van der Waals surface area (Å²) in [5.41, 5.74) is 0.270. The highest BCUT2D eigenvalue weighted by atomic mass is 127. The third-order valence-corrected chi connectivity index (χ3v) is 2.25. The van der Waals surface area contributed by atoms with Gasteiger partial charge in [-0.2, -0.15) is 4.98 Å². The van der Waals surface area contributed by atoms with Crippen molar-refractivity contribution in [2.75, 3.05) is 7.11 Å². The number of rotatable bonds is 2. The molecule has 6 heteroatoms. The maximum atomic E-state index is 13.5. The first-order chi connectivity index (χ1) is 7.20. The van der Waals surface area contributed by atoms with Gasteiger partial charge in [-0.05, 0) is 12.1 Å². The lowest BCUT2D eigenvalue weighted by Gasteiger charge is -2.01. The summed E-state index contributed by atoms with van der Waals surface area (Å²) >= 11 is 1.89. The van der Waals surface area contributed by atoms with E-state index in [-0.39, 0.29) is 11.5 Å². The molecule has 15 heavy (non-hydrogen) atoms. The molecule has 1 aromatic heterocycles. The molecule has 1 heterocycles. The third-order valence-electron chi connectivity index (χ3n) is 1.81. The van der Waals surface area contributed by atoms with Gasteiger partial charge in [0.15, 0.2) is 0 Å². The van der Waals surface area contributed by atoms with Crippen molar-refractivity contribution in [3.05, 3.63) is 27.8 Å². The van der Waals surface area contributed by atoms with E-state index < -0.39 is 5.82 Å². The topological polar surface area (TPSA) is 48.2 Å². The van der Waals surface area contributed by atoms with E-state index in [9.17, 15) is 4.39 Å². The maximum Gasteiger partial charge on any atom is 0.261 e. The van der Waals surface area contributed by atoms with E-state index in [1.165, 1.54) is 19.2 Å². The number of methoxy groups -OCH3 is 1. The predicted octanol–water partition coefficient (Wildman–Crippen LogP) is 2.49. The van der Waals surface area contributed by atoms with Crippen molar-refractivity contribution in [1.82, 2.24) is 10.1 Å². The van der Waals surface area contributed by atoms with Gasteiger partial charge in [-0.15, -0.1) is 0 Å². The molecule has 0 radical (unpaired) electrons. The van der Waals surface area contributed by atoms with Crippen molar-refractivity contribution in [2.24, 2.45) is 0 Å². The van der Waals surface area contributed by atoms with Crippen LogP contribution in [-0.4, -0.2) is 17.3 Å². The van der Waals surface area contributed by atoms with Crippen LogP contribution in [0, 0.1) is 9.65 Å². The quantitative estimate of drug-likeness (QED) is 0.798. The molecule has 0 aliphatic heterocycles. The monoisotopic (exact) mass is 320 g/mol. The van der Waals surface area contributed by atoms with E-state index in [0.29, 0.717) is 9.58 Å².